The molecule has 2 aliphatic rings. The molecule has 3 nitrogen and oxygen atoms in total. The third-order valence-corrected chi connectivity index (χ3v) is 4.35. The topological polar surface area (TPSA) is 32.7 Å². The smallest absolute Gasteiger partial charge is 0.165 e. The molecule has 1 aliphatic heterocycles. The third-order valence-electron chi connectivity index (χ3n) is 4.35. The van der Waals surface area contributed by atoms with Gasteiger partial charge in [-0.3, -0.25) is 4.90 Å². The van der Waals surface area contributed by atoms with Crippen molar-refractivity contribution in [3.05, 3.63) is 29.6 Å². The maximum atomic E-state index is 13.8. The lowest BCUT2D eigenvalue weighted by Crippen LogP contribution is -2.33. The zero-order valence-electron chi connectivity index (χ0n) is 11.4. The van der Waals surface area contributed by atoms with Crippen molar-refractivity contribution in [3.8, 4) is 5.75 Å². The Labute approximate surface area is 113 Å². The second-order valence-corrected chi connectivity index (χ2v) is 5.84. The lowest BCUT2D eigenvalue weighted by atomic mass is 9.91. The van der Waals surface area contributed by atoms with Gasteiger partial charge in [0.2, 0.25) is 0 Å². The summed E-state index contributed by atoms with van der Waals surface area (Å²) in [5.74, 6) is -0.191. The molecule has 2 unspecified atom stereocenters. The Bertz CT molecular complexity index is 489. The van der Waals surface area contributed by atoms with Gasteiger partial charge >= 0.3 is 0 Å². The molecule has 1 aromatic carbocycles. The number of likely N-dealkylation sites (tertiary alicyclic amines) is 1. The Morgan fingerprint density at radius 3 is 2.74 bits per heavy atom. The maximum Gasteiger partial charge on any atom is 0.165 e. The van der Waals surface area contributed by atoms with E-state index in [0.29, 0.717) is 30.6 Å². The standard InChI is InChI=1S/C15H20FNO2/c1-10-8-15(18,9-17(10)12-4-5-12)11-3-6-14(19-2)13(16)7-11/h3,6-7,10,12,18H,4-5,8-9H2,1-2H3. The highest BCUT2D eigenvalue weighted by Gasteiger charge is 2.47. The highest BCUT2D eigenvalue weighted by atomic mass is 19.1. The summed E-state index contributed by atoms with van der Waals surface area (Å²) >= 11 is 0. The maximum absolute atomic E-state index is 13.8. The van der Waals surface area contributed by atoms with Gasteiger partial charge in [0, 0.05) is 18.6 Å². The molecular weight excluding hydrogens is 245 g/mol. The summed E-state index contributed by atoms with van der Waals surface area (Å²) in [5, 5.41) is 10.8. The van der Waals surface area contributed by atoms with E-state index >= 15 is 0 Å². The van der Waals surface area contributed by atoms with Crippen LogP contribution in [0.15, 0.2) is 18.2 Å². The van der Waals surface area contributed by atoms with Gasteiger partial charge in [0.25, 0.3) is 0 Å². The van der Waals surface area contributed by atoms with Crippen molar-refractivity contribution in [2.75, 3.05) is 13.7 Å². The quantitative estimate of drug-likeness (QED) is 0.910. The van der Waals surface area contributed by atoms with Crippen molar-refractivity contribution in [2.24, 2.45) is 0 Å². The van der Waals surface area contributed by atoms with Crippen LogP contribution < -0.4 is 4.74 Å². The molecule has 3 rings (SSSR count). The first kappa shape index (κ1) is 12.9. The van der Waals surface area contributed by atoms with Crippen LogP contribution in [0.2, 0.25) is 0 Å². The molecule has 1 N–H and O–H groups in total. The predicted octanol–water partition coefficient (Wildman–Crippen LogP) is 2.28. The van der Waals surface area contributed by atoms with Crippen LogP contribution in [0, 0.1) is 5.82 Å². The molecule has 0 amide bonds. The molecule has 0 aromatic heterocycles. The van der Waals surface area contributed by atoms with Crippen LogP contribution in [0.4, 0.5) is 4.39 Å². The molecule has 0 spiro atoms. The monoisotopic (exact) mass is 265 g/mol. The van der Waals surface area contributed by atoms with Crippen LogP contribution in [0.3, 0.4) is 0 Å². The number of rotatable bonds is 3. The lowest BCUT2D eigenvalue weighted by Gasteiger charge is -2.24. The van der Waals surface area contributed by atoms with Crippen molar-refractivity contribution in [1.82, 2.24) is 4.90 Å². The molecule has 0 radical (unpaired) electrons. The van der Waals surface area contributed by atoms with E-state index in [1.165, 1.54) is 26.0 Å². The fourth-order valence-electron chi connectivity index (χ4n) is 3.19. The van der Waals surface area contributed by atoms with Gasteiger partial charge in [-0.25, -0.2) is 4.39 Å². The van der Waals surface area contributed by atoms with E-state index < -0.39 is 11.4 Å². The molecule has 1 saturated heterocycles. The fraction of sp³-hybridized carbons (Fsp3) is 0.600. The molecule has 104 valence electrons. The summed E-state index contributed by atoms with van der Waals surface area (Å²) in [5.41, 5.74) is -0.282. The number of aliphatic hydroxyl groups is 1. The normalized spacial score (nSPS) is 31.7. The lowest BCUT2D eigenvalue weighted by molar-refractivity contribution is 0.0448. The second-order valence-electron chi connectivity index (χ2n) is 5.84. The largest absolute Gasteiger partial charge is 0.494 e. The second kappa shape index (κ2) is 4.46. The third kappa shape index (κ3) is 2.23. The zero-order valence-corrected chi connectivity index (χ0v) is 11.4. The first-order chi connectivity index (χ1) is 9.03. The van der Waals surface area contributed by atoms with E-state index in [2.05, 4.69) is 11.8 Å². The number of nitrogens with zero attached hydrogens (tertiary/aromatic N) is 1. The van der Waals surface area contributed by atoms with E-state index in [9.17, 15) is 9.50 Å². The van der Waals surface area contributed by atoms with Crippen LogP contribution in [-0.4, -0.2) is 35.7 Å². The average molecular weight is 265 g/mol. The summed E-state index contributed by atoms with van der Waals surface area (Å²) in [6, 6.07) is 5.73. The van der Waals surface area contributed by atoms with Gasteiger partial charge in [-0.2, -0.15) is 0 Å². The van der Waals surface area contributed by atoms with Gasteiger partial charge in [0.15, 0.2) is 11.6 Å². The predicted molar refractivity (Wildman–Crippen MR) is 70.7 cm³/mol. The highest BCUT2D eigenvalue weighted by Crippen LogP contribution is 2.42. The minimum Gasteiger partial charge on any atom is -0.494 e. The molecule has 1 aliphatic carbocycles. The Hall–Kier alpha value is -1.13. The fourth-order valence-corrected chi connectivity index (χ4v) is 3.19. The number of β-amino-alcohol motifs (C(OH)–C–C–N with tert-alkyl or cyclic N) is 1. The van der Waals surface area contributed by atoms with Crippen LogP contribution >= 0.6 is 0 Å². The van der Waals surface area contributed by atoms with Crippen LogP contribution in [-0.2, 0) is 5.60 Å². The van der Waals surface area contributed by atoms with E-state index in [1.807, 2.05) is 0 Å². The average Bonchev–Trinajstić information content (AvgIpc) is 3.16. The van der Waals surface area contributed by atoms with E-state index in [0.717, 1.165) is 0 Å². The minimum absolute atomic E-state index is 0.220. The molecule has 2 fully saturated rings. The molecule has 1 heterocycles. The van der Waals surface area contributed by atoms with Crippen LogP contribution in [0.5, 0.6) is 5.75 Å². The highest BCUT2D eigenvalue weighted by molar-refractivity contribution is 5.34. The minimum atomic E-state index is -0.935. The Balaban J connectivity index is 1.86. The van der Waals surface area contributed by atoms with Crippen molar-refractivity contribution >= 4 is 0 Å². The summed E-state index contributed by atoms with van der Waals surface area (Å²) < 4.78 is 18.7. The summed E-state index contributed by atoms with van der Waals surface area (Å²) in [4.78, 5) is 2.35. The first-order valence-electron chi connectivity index (χ1n) is 6.85. The SMILES string of the molecule is COc1ccc(C2(O)CC(C)N(C3CC3)C2)cc1F. The number of benzene rings is 1. The van der Waals surface area contributed by atoms with Crippen LogP contribution in [0.1, 0.15) is 31.7 Å². The van der Waals surface area contributed by atoms with E-state index in [1.54, 1.807) is 12.1 Å². The molecular formula is C15H20FNO2. The van der Waals surface area contributed by atoms with Crippen molar-refractivity contribution < 1.29 is 14.2 Å². The number of hydrogen-bond acceptors (Lipinski definition) is 3. The number of methoxy groups -OCH3 is 1. The van der Waals surface area contributed by atoms with Gasteiger partial charge in [-0.1, -0.05) is 6.07 Å². The van der Waals surface area contributed by atoms with Crippen molar-refractivity contribution in [1.29, 1.82) is 0 Å². The Morgan fingerprint density at radius 1 is 1.42 bits per heavy atom. The Morgan fingerprint density at radius 2 is 2.16 bits per heavy atom. The van der Waals surface area contributed by atoms with Gasteiger partial charge in [-0.15, -0.1) is 0 Å². The summed E-state index contributed by atoms with van der Waals surface area (Å²) in [6.07, 6.45) is 3.10. The van der Waals surface area contributed by atoms with Gasteiger partial charge in [0.1, 0.15) is 5.60 Å². The molecule has 4 heteroatoms. The van der Waals surface area contributed by atoms with Crippen molar-refractivity contribution in [2.45, 2.75) is 43.9 Å². The summed E-state index contributed by atoms with van der Waals surface area (Å²) in [7, 11) is 1.44. The van der Waals surface area contributed by atoms with Gasteiger partial charge in [0.05, 0.1) is 7.11 Å². The van der Waals surface area contributed by atoms with Crippen molar-refractivity contribution in [3.63, 3.8) is 0 Å². The number of ether oxygens (including phenoxy) is 1. The number of hydrogen-bond donors (Lipinski definition) is 1. The molecule has 0 bridgehead atoms. The van der Waals surface area contributed by atoms with Crippen LogP contribution in [0.25, 0.3) is 0 Å². The van der Waals surface area contributed by atoms with Gasteiger partial charge < -0.3 is 9.84 Å². The first-order valence-corrected chi connectivity index (χ1v) is 6.85. The summed E-state index contributed by atoms with van der Waals surface area (Å²) in [6.45, 7) is 2.74. The van der Waals surface area contributed by atoms with E-state index in [-0.39, 0.29) is 5.75 Å². The molecule has 2 atom stereocenters. The Kier molecular flexibility index (Phi) is 3.02. The molecule has 19 heavy (non-hydrogen) atoms. The molecule has 1 saturated carbocycles. The zero-order chi connectivity index (χ0) is 13.6. The number of halogens is 1. The van der Waals surface area contributed by atoms with Gasteiger partial charge in [-0.05, 0) is 43.9 Å². The molecule has 1 aromatic rings. The van der Waals surface area contributed by atoms with E-state index in [4.69, 9.17) is 4.74 Å².